The zero-order valence-electron chi connectivity index (χ0n) is 8.76. The Balaban J connectivity index is 3.28. The zero-order valence-corrected chi connectivity index (χ0v) is 9.58. The third-order valence-electron chi connectivity index (χ3n) is 1.49. The second-order valence-corrected chi connectivity index (χ2v) is 3.10. The molecule has 4 nitrogen and oxygen atoms in total. The van der Waals surface area contributed by atoms with Gasteiger partial charge in [0.05, 0.1) is 6.61 Å². The highest BCUT2D eigenvalue weighted by Gasteiger charge is 2.00. The predicted octanol–water partition coefficient (Wildman–Crippen LogP) is 0.814. The van der Waals surface area contributed by atoms with Crippen LogP contribution in [0, 0.1) is 0 Å². The Labute approximate surface area is 90.4 Å². The molecule has 0 rings (SSSR count). The molecule has 0 fully saturated rings. The molecule has 5 heteroatoms. The van der Waals surface area contributed by atoms with E-state index in [0.717, 1.165) is 13.0 Å². The first-order valence-corrected chi connectivity index (χ1v) is 5.28. The molecule has 0 spiro atoms. The number of rotatable bonds is 6. The Morgan fingerprint density at radius 3 is 2.64 bits per heavy atom. The number of carbonyl (C=O) groups excluding carboxylic acids is 1. The topological polar surface area (TPSA) is 50.4 Å². The van der Waals surface area contributed by atoms with Gasteiger partial charge >= 0.3 is 5.97 Å². The van der Waals surface area contributed by atoms with Crippen molar-refractivity contribution in [2.24, 2.45) is 0 Å². The Bertz CT molecular complexity index is 166. The molecule has 2 N–H and O–H groups in total. The van der Waals surface area contributed by atoms with Gasteiger partial charge in [0, 0.05) is 19.5 Å². The number of nitrogens with one attached hydrogen (secondary N) is 2. The van der Waals surface area contributed by atoms with Crippen LogP contribution >= 0.6 is 12.2 Å². The van der Waals surface area contributed by atoms with E-state index in [1.807, 2.05) is 6.92 Å². The fourth-order valence-corrected chi connectivity index (χ4v) is 1.14. The minimum Gasteiger partial charge on any atom is -0.466 e. The minimum absolute atomic E-state index is 0.149. The molecule has 0 atom stereocenters. The van der Waals surface area contributed by atoms with Crippen LogP contribution in [0.1, 0.15) is 26.7 Å². The van der Waals surface area contributed by atoms with Crippen LogP contribution in [0.25, 0.3) is 0 Å². The largest absolute Gasteiger partial charge is 0.466 e. The third-order valence-corrected chi connectivity index (χ3v) is 1.77. The molecule has 0 aliphatic rings. The van der Waals surface area contributed by atoms with Crippen molar-refractivity contribution in [2.75, 3.05) is 19.7 Å². The van der Waals surface area contributed by atoms with Gasteiger partial charge in [-0.2, -0.15) is 0 Å². The van der Waals surface area contributed by atoms with Crippen LogP contribution in [-0.2, 0) is 9.53 Å². The monoisotopic (exact) mass is 218 g/mol. The lowest BCUT2D eigenvalue weighted by molar-refractivity contribution is -0.143. The van der Waals surface area contributed by atoms with Crippen LogP contribution in [0.3, 0.4) is 0 Å². The fraction of sp³-hybridized carbons (Fsp3) is 0.778. The molecule has 0 heterocycles. The Morgan fingerprint density at radius 2 is 2.07 bits per heavy atom. The molecule has 0 unspecified atom stereocenters. The molecule has 0 aliphatic carbocycles. The Kier molecular flexibility index (Phi) is 8.22. The van der Waals surface area contributed by atoms with Gasteiger partial charge in [-0.25, -0.2) is 0 Å². The predicted molar refractivity (Wildman–Crippen MR) is 60.1 cm³/mol. The first-order valence-electron chi connectivity index (χ1n) is 4.88. The smallest absolute Gasteiger partial charge is 0.305 e. The summed E-state index contributed by atoms with van der Waals surface area (Å²) in [5.41, 5.74) is 0. The standard InChI is InChI=1S/C9H18N2O2S/c1-3-10-9(14)11-7-5-6-8(12)13-4-2/h3-7H2,1-2H3,(H2,10,11,14). The van der Waals surface area contributed by atoms with Crippen molar-refractivity contribution in [1.29, 1.82) is 0 Å². The van der Waals surface area contributed by atoms with Crippen LogP contribution in [0.15, 0.2) is 0 Å². The highest BCUT2D eigenvalue weighted by molar-refractivity contribution is 7.80. The molecule has 14 heavy (non-hydrogen) atoms. The average molecular weight is 218 g/mol. The lowest BCUT2D eigenvalue weighted by Gasteiger charge is -2.07. The number of carbonyl (C=O) groups is 1. The second-order valence-electron chi connectivity index (χ2n) is 2.69. The maximum Gasteiger partial charge on any atom is 0.305 e. The van der Waals surface area contributed by atoms with Gasteiger partial charge in [-0.15, -0.1) is 0 Å². The average Bonchev–Trinajstić information content (AvgIpc) is 2.13. The molecule has 0 saturated heterocycles. The van der Waals surface area contributed by atoms with Gasteiger partial charge < -0.3 is 15.4 Å². The minimum atomic E-state index is -0.149. The summed E-state index contributed by atoms with van der Waals surface area (Å²) < 4.78 is 4.78. The maximum atomic E-state index is 10.9. The maximum absolute atomic E-state index is 10.9. The van der Waals surface area contributed by atoms with Gasteiger partial charge in [0.2, 0.25) is 0 Å². The van der Waals surface area contributed by atoms with Gasteiger partial charge in [0.25, 0.3) is 0 Å². The molecule has 0 aromatic rings. The fourth-order valence-electron chi connectivity index (χ4n) is 0.891. The van der Waals surface area contributed by atoms with Crippen LogP contribution < -0.4 is 10.6 Å². The number of thiocarbonyl (C=S) groups is 1. The Morgan fingerprint density at radius 1 is 1.36 bits per heavy atom. The van der Waals surface area contributed by atoms with Gasteiger partial charge in [0.1, 0.15) is 0 Å². The lowest BCUT2D eigenvalue weighted by Crippen LogP contribution is -2.35. The third kappa shape index (κ3) is 7.79. The summed E-state index contributed by atoms with van der Waals surface area (Å²) in [5, 5.41) is 6.59. The number of esters is 1. The van der Waals surface area contributed by atoms with Crippen molar-refractivity contribution >= 4 is 23.3 Å². The van der Waals surface area contributed by atoms with Gasteiger partial charge in [0.15, 0.2) is 5.11 Å². The summed E-state index contributed by atoms with van der Waals surface area (Å²) in [7, 11) is 0. The van der Waals surface area contributed by atoms with Gasteiger partial charge in [-0.1, -0.05) is 0 Å². The van der Waals surface area contributed by atoms with Crippen molar-refractivity contribution in [3.05, 3.63) is 0 Å². The summed E-state index contributed by atoms with van der Waals surface area (Å²) in [4.78, 5) is 10.9. The molecular formula is C9H18N2O2S. The normalized spacial score (nSPS) is 9.29. The number of hydrogen-bond acceptors (Lipinski definition) is 3. The molecule has 0 amide bonds. The van der Waals surface area contributed by atoms with E-state index in [0.29, 0.717) is 24.7 Å². The molecule has 0 aromatic carbocycles. The van der Waals surface area contributed by atoms with Crippen LogP contribution in [0.5, 0.6) is 0 Å². The van der Waals surface area contributed by atoms with Crippen molar-refractivity contribution in [2.45, 2.75) is 26.7 Å². The highest BCUT2D eigenvalue weighted by atomic mass is 32.1. The summed E-state index contributed by atoms with van der Waals surface area (Å²) in [5.74, 6) is -0.149. The molecule has 0 radical (unpaired) electrons. The quantitative estimate of drug-likeness (QED) is 0.392. The highest BCUT2D eigenvalue weighted by Crippen LogP contribution is 1.90. The molecule has 82 valence electrons. The van der Waals surface area contributed by atoms with E-state index < -0.39 is 0 Å². The zero-order chi connectivity index (χ0) is 10.8. The van der Waals surface area contributed by atoms with E-state index in [9.17, 15) is 4.79 Å². The second kappa shape index (κ2) is 8.74. The molecular weight excluding hydrogens is 200 g/mol. The van der Waals surface area contributed by atoms with Crippen molar-refractivity contribution in [3.63, 3.8) is 0 Å². The van der Waals surface area contributed by atoms with Crippen molar-refractivity contribution < 1.29 is 9.53 Å². The first kappa shape index (κ1) is 13.2. The summed E-state index contributed by atoms with van der Waals surface area (Å²) in [6.07, 6.45) is 1.18. The molecule has 0 bridgehead atoms. The van der Waals surface area contributed by atoms with Crippen LogP contribution in [0.4, 0.5) is 0 Å². The number of ether oxygens (including phenoxy) is 1. The summed E-state index contributed by atoms with van der Waals surface area (Å²) in [6, 6.07) is 0. The number of hydrogen-bond donors (Lipinski definition) is 2. The van der Waals surface area contributed by atoms with E-state index in [4.69, 9.17) is 17.0 Å². The first-order chi connectivity index (χ1) is 6.70. The van der Waals surface area contributed by atoms with E-state index in [2.05, 4.69) is 10.6 Å². The molecule has 0 saturated carbocycles. The van der Waals surface area contributed by atoms with E-state index in [-0.39, 0.29) is 5.97 Å². The van der Waals surface area contributed by atoms with Crippen molar-refractivity contribution in [1.82, 2.24) is 10.6 Å². The SMILES string of the molecule is CCNC(=S)NCCCC(=O)OCC. The van der Waals surface area contributed by atoms with Crippen LogP contribution in [-0.4, -0.2) is 30.8 Å². The van der Waals surface area contributed by atoms with E-state index >= 15 is 0 Å². The van der Waals surface area contributed by atoms with Crippen molar-refractivity contribution in [3.8, 4) is 0 Å². The van der Waals surface area contributed by atoms with Crippen LogP contribution in [0.2, 0.25) is 0 Å². The van der Waals surface area contributed by atoms with Gasteiger partial charge in [-0.05, 0) is 32.5 Å². The summed E-state index contributed by atoms with van der Waals surface area (Å²) >= 11 is 4.95. The van der Waals surface area contributed by atoms with E-state index in [1.54, 1.807) is 6.92 Å². The van der Waals surface area contributed by atoms with Gasteiger partial charge in [-0.3, -0.25) is 4.79 Å². The Hall–Kier alpha value is -0.840. The summed E-state index contributed by atoms with van der Waals surface area (Å²) in [6.45, 7) is 5.74. The molecule has 0 aromatic heterocycles. The lowest BCUT2D eigenvalue weighted by atomic mass is 10.3. The van der Waals surface area contributed by atoms with E-state index in [1.165, 1.54) is 0 Å². The molecule has 0 aliphatic heterocycles.